The Morgan fingerprint density at radius 3 is 2.04 bits per heavy atom. The molecule has 1 aliphatic heterocycles. The molecule has 0 radical (unpaired) electrons. The van der Waals surface area contributed by atoms with Gasteiger partial charge in [0.2, 0.25) is 17.7 Å². The maximum atomic E-state index is 14.2. The second-order valence-corrected chi connectivity index (χ2v) is 18.6. The standard InChI is InChI=1S/C39H58N4O6S/c1-38(2,3)42-36(46)32-24-29-19-13-14-20-30(29)25-43(32)26-33(44)31(23-28-17-11-8-12-18-28)40-37(47)35(39(4,5)50(6,48)49)41-34(45)22-21-27-15-9-7-10-16-27/h7-12,15-18,29-33,35,44H,13-14,19-26H2,1-6H3,(H,40,47)(H,41,45)(H,42,46)/t29?,30?,31-,32-,33+,35+/m0/s1. The number of nitrogens with one attached hydrogen (secondary N) is 3. The number of aliphatic hydroxyl groups excluding tert-OH is 1. The highest BCUT2D eigenvalue weighted by Crippen LogP contribution is 2.39. The summed E-state index contributed by atoms with van der Waals surface area (Å²) in [6.07, 6.45) is 5.93. The predicted molar refractivity (Wildman–Crippen MR) is 197 cm³/mol. The van der Waals surface area contributed by atoms with Gasteiger partial charge in [0.25, 0.3) is 0 Å². The molecule has 276 valence electrons. The van der Waals surface area contributed by atoms with E-state index in [1.54, 1.807) is 0 Å². The normalized spacial score (nSPS) is 22.0. The Bertz CT molecular complexity index is 1540. The van der Waals surface area contributed by atoms with Crippen molar-refractivity contribution in [2.75, 3.05) is 19.3 Å². The molecule has 3 amide bonds. The number of sulfone groups is 1. The van der Waals surface area contributed by atoms with Crippen LogP contribution >= 0.6 is 0 Å². The van der Waals surface area contributed by atoms with E-state index in [0.717, 1.165) is 43.1 Å². The molecule has 2 aliphatic rings. The van der Waals surface area contributed by atoms with Crippen LogP contribution in [0.5, 0.6) is 0 Å². The molecule has 6 atom stereocenters. The van der Waals surface area contributed by atoms with Crippen molar-refractivity contribution in [3.63, 3.8) is 0 Å². The van der Waals surface area contributed by atoms with Crippen LogP contribution in [0.1, 0.15) is 84.3 Å². The maximum absolute atomic E-state index is 14.2. The summed E-state index contributed by atoms with van der Waals surface area (Å²) in [5.74, 6) is -0.319. The van der Waals surface area contributed by atoms with Crippen molar-refractivity contribution < 1.29 is 27.9 Å². The summed E-state index contributed by atoms with van der Waals surface area (Å²) in [4.78, 5) is 43.1. The molecule has 1 aliphatic carbocycles. The molecular weight excluding hydrogens is 653 g/mol. The third-order valence-electron chi connectivity index (χ3n) is 10.5. The highest BCUT2D eigenvalue weighted by Gasteiger charge is 2.46. The molecule has 2 aromatic rings. The van der Waals surface area contributed by atoms with Crippen molar-refractivity contribution >= 4 is 27.6 Å². The molecule has 10 nitrogen and oxygen atoms in total. The lowest BCUT2D eigenvalue weighted by molar-refractivity contribution is -0.133. The molecular formula is C39H58N4O6S. The number of hydrogen-bond acceptors (Lipinski definition) is 7. The number of piperidine rings is 1. The van der Waals surface area contributed by atoms with Crippen LogP contribution in [-0.4, -0.2) is 90.0 Å². The summed E-state index contributed by atoms with van der Waals surface area (Å²) in [6, 6.07) is 16.2. The van der Waals surface area contributed by atoms with Crippen LogP contribution in [0.15, 0.2) is 60.7 Å². The Morgan fingerprint density at radius 2 is 1.46 bits per heavy atom. The van der Waals surface area contributed by atoms with E-state index in [0.29, 0.717) is 31.2 Å². The van der Waals surface area contributed by atoms with Crippen LogP contribution in [0.25, 0.3) is 0 Å². The predicted octanol–water partition coefficient (Wildman–Crippen LogP) is 3.81. The van der Waals surface area contributed by atoms with Crippen molar-refractivity contribution in [1.29, 1.82) is 0 Å². The van der Waals surface area contributed by atoms with Gasteiger partial charge >= 0.3 is 0 Å². The third-order valence-corrected chi connectivity index (χ3v) is 12.7. The van der Waals surface area contributed by atoms with Crippen LogP contribution in [0.3, 0.4) is 0 Å². The Balaban J connectivity index is 1.58. The molecule has 1 heterocycles. The fourth-order valence-electron chi connectivity index (χ4n) is 7.32. The van der Waals surface area contributed by atoms with Crippen molar-refractivity contribution in [2.45, 2.75) is 121 Å². The minimum atomic E-state index is -3.83. The number of nitrogens with zero attached hydrogens (tertiary/aromatic N) is 1. The van der Waals surface area contributed by atoms with Crippen molar-refractivity contribution in [2.24, 2.45) is 11.8 Å². The van der Waals surface area contributed by atoms with Gasteiger partial charge in [0.05, 0.1) is 22.9 Å². The van der Waals surface area contributed by atoms with E-state index in [-0.39, 0.29) is 25.3 Å². The molecule has 2 unspecified atom stereocenters. The number of rotatable bonds is 14. The Morgan fingerprint density at radius 1 is 0.880 bits per heavy atom. The molecule has 2 fully saturated rings. The second kappa shape index (κ2) is 16.8. The average molecular weight is 711 g/mol. The van der Waals surface area contributed by atoms with E-state index in [1.807, 2.05) is 81.4 Å². The summed E-state index contributed by atoms with van der Waals surface area (Å²) in [5, 5.41) is 20.8. The lowest BCUT2D eigenvalue weighted by Crippen LogP contribution is -2.64. The minimum Gasteiger partial charge on any atom is -0.390 e. The number of amides is 3. The van der Waals surface area contributed by atoms with Gasteiger partial charge in [-0.2, -0.15) is 0 Å². The van der Waals surface area contributed by atoms with E-state index in [1.165, 1.54) is 13.8 Å². The van der Waals surface area contributed by atoms with E-state index in [9.17, 15) is 27.9 Å². The van der Waals surface area contributed by atoms with Gasteiger partial charge in [0, 0.05) is 31.3 Å². The number of β-amino-alcohol motifs (C(OH)–C–C–N with tert-alkyl or cyclic N) is 1. The van der Waals surface area contributed by atoms with E-state index in [2.05, 4.69) is 20.9 Å². The molecule has 0 spiro atoms. The first kappa shape index (κ1) is 39.5. The van der Waals surface area contributed by atoms with Crippen molar-refractivity contribution in [3.05, 3.63) is 71.8 Å². The van der Waals surface area contributed by atoms with Gasteiger partial charge in [-0.1, -0.05) is 79.9 Å². The fourth-order valence-corrected chi connectivity index (χ4v) is 7.91. The van der Waals surface area contributed by atoms with Gasteiger partial charge in [0.1, 0.15) is 6.04 Å². The molecule has 1 saturated carbocycles. The Labute approximate surface area is 299 Å². The molecule has 4 N–H and O–H groups in total. The lowest BCUT2D eigenvalue weighted by atomic mass is 9.72. The Kier molecular flexibility index (Phi) is 13.3. The highest BCUT2D eigenvalue weighted by atomic mass is 32.2. The van der Waals surface area contributed by atoms with Gasteiger partial charge in [0.15, 0.2) is 9.84 Å². The van der Waals surface area contributed by atoms with Gasteiger partial charge in [-0.25, -0.2) is 8.42 Å². The first-order valence-corrected chi connectivity index (χ1v) is 19.9. The number of carbonyl (C=O) groups is 3. The molecule has 11 heteroatoms. The molecule has 4 rings (SSSR count). The first-order chi connectivity index (χ1) is 23.4. The molecule has 0 bridgehead atoms. The van der Waals surface area contributed by atoms with Crippen LogP contribution < -0.4 is 16.0 Å². The molecule has 1 saturated heterocycles. The smallest absolute Gasteiger partial charge is 0.244 e. The first-order valence-electron chi connectivity index (χ1n) is 18.1. The zero-order valence-electron chi connectivity index (χ0n) is 30.7. The fraction of sp³-hybridized carbons (Fsp3) is 0.615. The zero-order valence-corrected chi connectivity index (χ0v) is 31.5. The van der Waals surface area contributed by atoms with Crippen LogP contribution in [0, 0.1) is 11.8 Å². The lowest BCUT2D eigenvalue weighted by Gasteiger charge is -2.47. The van der Waals surface area contributed by atoms with E-state index >= 15 is 0 Å². The van der Waals surface area contributed by atoms with Crippen molar-refractivity contribution in [3.8, 4) is 0 Å². The van der Waals surface area contributed by atoms with Gasteiger partial charge < -0.3 is 21.1 Å². The number of likely N-dealkylation sites (tertiary alicyclic amines) is 1. The molecule has 2 aromatic carbocycles. The quantitative estimate of drug-likeness (QED) is 0.234. The number of fused-ring (bicyclic) bond motifs is 1. The number of hydrogen-bond donors (Lipinski definition) is 4. The topological polar surface area (TPSA) is 145 Å². The van der Waals surface area contributed by atoms with Crippen molar-refractivity contribution in [1.82, 2.24) is 20.9 Å². The van der Waals surface area contributed by atoms with Crippen LogP contribution in [0.4, 0.5) is 0 Å². The van der Waals surface area contributed by atoms with Crippen LogP contribution in [-0.2, 0) is 37.1 Å². The van der Waals surface area contributed by atoms with E-state index in [4.69, 9.17) is 0 Å². The maximum Gasteiger partial charge on any atom is 0.244 e. The summed E-state index contributed by atoms with van der Waals surface area (Å²) >= 11 is 0. The summed E-state index contributed by atoms with van der Waals surface area (Å²) in [5.41, 5.74) is 1.40. The van der Waals surface area contributed by atoms with Gasteiger partial charge in [-0.3, -0.25) is 19.3 Å². The molecule has 50 heavy (non-hydrogen) atoms. The zero-order chi connectivity index (χ0) is 36.7. The highest BCUT2D eigenvalue weighted by molar-refractivity contribution is 7.92. The summed E-state index contributed by atoms with van der Waals surface area (Å²) < 4.78 is 24.4. The Hall–Kier alpha value is -3.28. The monoisotopic (exact) mass is 710 g/mol. The SMILES string of the molecule is CC(C)(C)NC(=O)[C@@H]1CC2CCCCC2CN1C[C@@H](O)[C@H](Cc1ccccc1)NC(=O)[C@@H](NC(=O)CCc1ccccc1)C(C)(C)S(C)(=O)=O. The van der Waals surface area contributed by atoms with Crippen LogP contribution in [0.2, 0.25) is 0 Å². The summed E-state index contributed by atoms with van der Waals surface area (Å²) in [6.45, 7) is 9.55. The van der Waals surface area contributed by atoms with Gasteiger partial charge in [-0.15, -0.1) is 0 Å². The third kappa shape index (κ3) is 10.9. The number of carbonyl (C=O) groups excluding carboxylic acids is 3. The number of benzene rings is 2. The average Bonchev–Trinajstić information content (AvgIpc) is 3.05. The molecule has 0 aromatic heterocycles. The minimum absolute atomic E-state index is 0.0643. The number of aliphatic hydroxyl groups is 1. The van der Waals surface area contributed by atoms with E-state index < -0.39 is 56.2 Å². The summed E-state index contributed by atoms with van der Waals surface area (Å²) in [7, 11) is -3.83. The second-order valence-electron chi connectivity index (χ2n) is 16.0. The van der Waals surface area contributed by atoms with Gasteiger partial charge in [-0.05, 0) is 83.3 Å². The largest absolute Gasteiger partial charge is 0.390 e. The number of aryl methyl sites for hydroxylation is 1.